The zero-order chi connectivity index (χ0) is 17.1. The fraction of sp³-hybridized carbons (Fsp3) is 0.263. The number of nitriles is 1. The number of benzene rings is 2. The molecule has 4 nitrogen and oxygen atoms in total. The van der Waals surface area contributed by atoms with E-state index in [0.29, 0.717) is 18.7 Å². The van der Waals surface area contributed by atoms with Crippen molar-refractivity contribution in [2.75, 3.05) is 13.1 Å². The zero-order valence-electron chi connectivity index (χ0n) is 13.1. The Hall–Kier alpha value is -2.16. The van der Waals surface area contributed by atoms with E-state index in [9.17, 15) is 9.90 Å². The van der Waals surface area contributed by atoms with Gasteiger partial charge in [-0.15, -0.1) is 0 Å². The first-order valence-electron chi connectivity index (χ1n) is 7.80. The highest BCUT2D eigenvalue weighted by Gasteiger charge is 2.24. The second kappa shape index (κ2) is 7.16. The van der Waals surface area contributed by atoms with Gasteiger partial charge in [0.25, 0.3) is 0 Å². The van der Waals surface area contributed by atoms with Crippen LogP contribution in [-0.4, -0.2) is 29.0 Å². The number of β-amino-alcohol motifs (C(OH)–C–C–N with tert-alkyl or cyclic N) is 1. The molecule has 0 radical (unpaired) electrons. The summed E-state index contributed by atoms with van der Waals surface area (Å²) in [6.45, 7) is 0.895. The normalized spacial score (nSPS) is 16.9. The number of hydrogen-bond donors (Lipinski definition) is 1. The third-order valence-corrected chi connectivity index (χ3v) is 5.01. The fourth-order valence-corrected chi connectivity index (χ4v) is 3.36. The quantitative estimate of drug-likeness (QED) is 0.865. The molecule has 1 N–H and O–H groups in total. The van der Waals surface area contributed by atoms with Gasteiger partial charge in [0.15, 0.2) is 0 Å². The standard InChI is InChI=1S/C19H17BrN2O2/c20-17-6-5-13(9-15(17)11-21)10-19(24)22-8-7-14-3-1-2-4-16(14)18(23)12-22/h1-6,9,18,23H,7-8,10,12H2. The van der Waals surface area contributed by atoms with Gasteiger partial charge in [-0.25, -0.2) is 0 Å². The predicted octanol–water partition coefficient (Wildman–Crippen LogP) is 2.98. The zero-order valence-corrected chi connectivity index (χ0v) is 14.7. The fourth-order valence-electron chi connectivity index (χ4n) is 3.02. The number of fused-ring (bicyclic) bond motifs is 1. The van der Waals surface area contributed by atoms with Crippen molar-refractivity contribution in [2.24, 2.45) is 0 Å². The molecule has 0 bridgehead atoms. The van der Waals surface area contributed by atoms with E-state index in [4.69, 9.17) is 5.26 Å². The molecule has 5 heteroatoms. The number of aliphatic hydroxyl groups is 1. The SMILES string of the molecule is N#Cc1cc(CC(=O)N2CCc3ccccc3C(O)C2)ccc1Br. The minimum Gasteiger partial charge on any atom is -0.387 e. The van der Waals surface area contributed by atoms with Crippen LogP contribution in [0.15, 0.2) is 46.9 Å². The summed E-state index contributed by atoms with van der Waals surface area (Å²) in [6.07, 6.45) is 0.306. The number of hydrogen-bond acceptors (Lipinski definition) is 3. The number of aliphatic hydroxyl groups excluding tert-OH is 1. The van der Waals surface area contributed by atoms with Gasteiger partial charge in [-0.2, -0.15) is 5.26 Å². The Morgan fingerprint density at radius 2 is 2.12 bits per heavy atom. The van der Waals surface area contributed by atoms with E-state index in [2.05, 4.69) is 22.0 Å². The number of nitrogens with zero attached hydrogens (tertiary/aromatic N) is 2. The van der Waals surface area contributed by atoms with E-state index >= 15 is 0 Å². The average molecular weight is 385 g/mol. The first-order chi connectivity index (χ1) is 11.6. The van der Waals surface area contributed by atoms with Crippen molar-refractivity contribution in [1.82, 2.24) is 4.90 Å². The summed E-state index contributed by atoms with van der Waals surface area (Å²) in [5.74, 6) is -0.0342. The number of carbonyl (C=O) groups excluding carboxylic acids is 1. The summed E-state index contributed by atoms with van der Waals surface area (Å²) >= 11 is 3.32. The van der Waals surface area contributed by atoms with Crippen molar-refractivity contribution < 1.29 is 9.90 Å². The van der Waals surface area contributed by atoms with Crippen LogP contribution in [-0.2, 0) is 17.6 Å². The molecule has 3 rings (SSSR count). The minimum atomic E-state index is -0.660. The molecule has 0 aliphatic carbocycles. The summed E-state index contributed by atoms with van der Waals surface area (Å²) in [6, 6.07) is 15.2. The topological polar surface area (TPSA) is 64.3 Å². The number of rotatable bonds is 2. The van der Waals surface area contributed by atoms with Crippen LogP contribution in [0.4, 0.5) is 0 Å². The number of carbonyl (C=O) groups is 1. The molecule has 0 fully saturated rings. The second-order valence-corrected chi connectivity index (χ2v) is 6.76. The lowest BCUT2D eigenvalue weighted by Gasteiger charge is -2.22. The van der Waals surface area contributed by atoms with Crippen LogP contribution in [0.1, 0.15) is 28.4 Å². The van der Waals surface area contributed by atoms with E-state index in [1.54, 1.807) is 17.0 Å². The minimum absolute atomic E-state index is 0.0342. The number of amides is 1. The molecule has 0 aromatic heterocycles. The lowest BCUT2D eigenvalue weighted by Crippen LogP contribution is -2.35. The van der Waals surface area contributed by atoms with Gasteiger partial charge in [0.05, 0.1) is 24.6 Å². The van der Waals surface area contributed by atoms with Gasteiger partial charge < -0.3 is 10.0 Å². The molecular weight excluding hydrogens is 368 g/mol. The Balaban J connectivity index is 1.74. The Morgan fingerprint density at radius 1 is 1.33 bits per heavy atom. The molecule has 24 heavy (non-hydrogen) atoms. The molecule has 1 amide bonds. The monoisotopic (exact) mass is 384 g/mol. The summed E-state index contributed by atoms with van der Waals surface area (Å²) in [5.41, 5.74) is 3.32. The molecule has 1 heterocycles. The van der Waals surface area contributed by atoms with Crippen molar-refractivity contribution in [3.63, 3.8) is 0 Å². The maximum absolute atomic E-state index is 12.6. The molecule has 2 aromatic carbocycles. The Kier molecular flexibility index (Phi) is 4.98. The average Bonchev–Trinajstić information content (AvgIpc) is 2.76. The summed E-state index contributed by atoms with van der Waals surface area (Å²) in [5, 5.41) is 19.5. The molecule has 0 saturated heterocycles. The van der Waals surface area contributed by atoms with Gasteiger partial charge in [0.1, 0.15) is 6.07 Å². The Bertz CT molecular complexity index is 813. The molecule has 122 valence electrons. The molecule has 1 aliphatic heterocycles. The van der Waals surface area contributed by atoms with Crippen LogP contribution in [0.3, 0.4) is 0 Å². The first kappa shape index (κ1) is 16.7. The summed E-state index contributed by atoms with van der Waals surface area (Å²) < 4.78 is 0.724. The third kappa shape index (κ3) is 3.50. The van der Waals surface area contributed by atoms with E-state index < -0.39 is 6.10 Å². The Labute approximate surface area is 149 Å². The molecule has 0 spiro atoms. The van der Waals surface area contributed by atoms with Gasteiger partial charge in [0, 0.05) is 11.0 Å². The van der Waals surface area contributed by atoms with Gasteiger partial charge in [-0.3, -0.25) is 4.79 Å². The van der Waals surface area contributed by atoms with Crippen LogP contribution < -0.4 is 0 Å². The summed E-state index contributed by atoms with van der Waals surface area (Å²) in [7, 11) is 0. The Morgan fingerprint density at radius 3 is 2.92 bits per heavy atom. The van der Waals surface area contributed by atoms with E-state index in [1.807, 2.05) is 30.3 Å². The molecular formula is C19H17BrN2O2. The summed E-state index contributed by atoms with van der Waals surface area (Å²) in [4.78, 5) is 14.3. The third-order valence-electron chi connectivity index (χ3n) is 4.32. The predicted molar refractivity (Wildman–Crippen MR) is 94.2 cm³/mol. The smallest absolute Gasteiger partial charge is 0.227 e. The molecule has 0 saturated carbocycles. The van der Waals surface area contributed by atoms with Crippen molar-refractivity contribution in [1.29, 1.82) is 5.26 Å². The van der Waals surface area contributed by atoms with Crippen molar-refractivity contribution in [3.8, 4) is 6.07 Å². The lowest BCUT2D eigenvalue weighted by molar-refractivity contribution is -0.131. The lowest BCUT2D eigenvalue weighted by atomic mass is 10.0. The van der Waals surface area contributed by atoms with Crippen molar-refractivity contribution >= 4 is 21.8 Å². The highest BCUT2D eigenvalue weighted by molar-refractivity contribution is 9.10. The van der Waals surface area contributed by atoms with Crippen LogP contribution in [0.25, 0.3) is 0 Å². The van der Waals surface area contributed by atoms with Crippen LogP contribution in [0.2, 0.25) is 0 Å². The molecule has 2 aromatic rings. The number of halogens is 1. The maximum Gasteiger partial charge on any atom is 0.227 e. The van der Waals surface area contributed by atoms with Gasteiger partial charge in [-0.05, 0) is 51.2 Å². The van der Waals surface area contributed by atoms with Crippen LogP contribution >= 0.6 is 15.9 Å². The van der Waals surface area contributed by atoms with Crippen molar-refractivity contribution in [3.05, 3.63) is 69.2 Å². The van der Waals surface area contributed by atoms with Gasteiger partial charge in [0.2, 0.25) is 5.91 Å². The van der Waals surface area contributed by atoms with E-state index in [1.165, 1.54) is 0 Å². The maximum atomic E-state index is 12.6. The molecule has 1 aliphatic rings. The van der Waals surface area contributed by atoms with Crippen LogP contribution in [0.5, 0.6) is 0 Å². The molecule has 1 atom stereocenters. The largest absolute Gasteiger partial charge is 0.387 e. The molecule has 1 unspecified atom stereocenters. The van der Waals surface area contributed by atoms with E-state index in [0.717, 1.165) is 27.6 Å². The van der Waals surface area contributed by atoms with E-state index in [-0.39, 0.29) is 12.3 Å². The first-order valence-corrected chi connectivity index (χ1v) is 8.60. The highest BCUT2D eigenvalue weighted by Crippen LogP contribution is 2.24. The van der Waals surface area contributed by atoms with Gasteiger partial charge in [-0.1, -0.05) is 30.3 Å². The van der Waals surface area contributed by atoms with Crippen molar-refractivity contribution in [2.45, 2.75) is 18.9 Å². The van der Waals surface area contributed by atoms with Gasteiger partial charge >= 0.3 is 0 Å². The van der Waals surface area contributed by atoms with Crippen LogP contribution in [0, 0.1) is 11.3 Å². The second-order valence-electron chi connectivity index (χ2n) is 5.91. The highest BCUT2D eigenvalue weighted by atomic mass is 79.9.